The third-order valence-electron chi connectivity index (χ3n) is 8.70. The molecule has 4 rings (SSSR count). The lowest BCUT2D eigenvalue weighted by Gasteiger charge is -2.58. The minimum absolute atomic E-state index is 0.0400. The van der Waals surface area contributed by atoms with Crippen LogP contribution in [0.15, 0.2) is 11.6 Å². The van der Waals surface area contributed by atoms with Crippen molar-refractivity contribution in [2.45, 2.75) is 70.8 Å². The summed E-state index contributed by atoms with van der Waals surface area (Å²) < 4.78 is 0. The molecule has 0 spiro atoms. The van der Waals surface area contributed by atoms with Gasteiger partial charge in [0.2, 0.25) is 0 Å². The minimum atomic E-state index is -1.16. The lowest BCUT2D eigenvalue weighted by Crippen LogP contribution is -2.57. The van der Waals surface area contributed by atoms with E-state index < -0.39 is 5.60 Å². The van der Waals surface area contributed by atoms with E-state index in [0.29, 0.717) is 36.4 Å². The fourth-order valence-corrected chi connectivity index (χ4v) is 7.61. The van der Waals surface area contributed by atoms with Gasteiger partial charge < -0.3 is 5.11 Å². The Balaban J connectivity index is 1.68. The highest BCUT2D eigenvalue weighted by Crippen LogP contribution is 2.67. The highest BCUT2D eigenvalue weighted by molar-refractivity contribution is 9.09. The van der Waals surface area contributed by atoms with E-state index in [4.69, 9.17) is 0 Å². The van der Waals surface area contributed by atoms with Gasteiger partial charge in [-0.2, -0.15) is 0 Å². The standard InChI is InChI=1S/C21H29BrO3/c1-19-8-5-14(23)11-13(19)3-4-15-16(19)6-9-20(2)17(15)7-10-21(20,25)18(24)12-22/h11,15-17,25H,3-10,12H2,1-2H3/t15-,16+,17+,19-,20+,21+/m0/s1. The minimum Gasteiger partial charge on any atom is -0.381 e. The number of halogens is 1. The quantitative estimate of drug-likeness (QED) is 0.695. The summed E-state index contributed by atoms with van der Waals surface area (Å²) >= 11 is 3.28. The Morgan fingerprint density at radius 3 is 2.60 bits per heavy atom. The van der Waals surface area contributed by atoms with Gasteiger partial charge in [-0.15, -0.1) is 0 Å². The Morgan fingerprint density at radius 2 is 1.88 bits per heavy atom. The Bertz CT molecular complexity index is 656. The van der Waals surface area contributed by atoms with Gasteiger partial charge in [0, 0.05) is 11.8 Å². The average molecular weight is 409 g/mol. The molecule has 3 nitrogen and oxygen atoms in total. The number of aliphatic hydroxyl groups is 1. The summed E-state index contributed by atoms with van der Waals surface area (Å²) in [5, 5.41) is 11.5. The summed E-state index contributed by atoms with van der Waals surface area (Å²) in [7, 11) is 0. The molecule has 4 aliphatic rings. The number of allylic oxidation sites excluding steroid dienone is 1. The lowest BCUT2D eigenvalue weighted by atomic mass is 9.46. The Morgan fingerprint density at radius 1 is 1.16 bits per heavy atom. The predicted molar refractivity (Wildman–Crippen MR) is 100 cm³/mol. The maximum atomic E-state index is 12.5. The normalized spacial score (nSPS) is 49.0. The van der Waals surface area contributed by atoms with E-state index in [0.717, 1.165) is 38.5 Å². The number of hydrogen-bond donors (Lipinski definition) is 1. The van der Waals surface area contributed by atoms with Gasteiger partial charge in [-0.1, -0.05) is 35.4 Å². The molecular weight excluding hydrogens is 380 g/mol. The van der Waals surface area contributed by atoms with E-state index in [1.54, 1.807) is 0 Å². The molecule has 0 aromatic carbocycles. The second-order valence-electron chi connectivity index (χ2n) is 9.38. The highest BCUT2D eigenvalue weighted by Gasteiger charge is 2.65. The summed E-state index contributed by atoms with van der Waals surface area (Å²) in [6.45, 7) is 4.54. The van der Waals surface area contributed by atoms with Crippen molar-refractivity contribution >= 4 is 27.5 Å². The monoisotopic (exact) mass is 408 g/mol. The van der Waals surface area contributed by atoms with Crippen molar-refractivity contribution < 1.29 is 14.7 Å². The maximum absolute atomic E-state index is 12.5. The molecule has 4 aliphatic carbocycles. The molecule has 3 fully saturated rings. The molecular formula is C21H29BrO3. The van der Waals surface area contributed by atoms with E-state index in [1.807, 2.05) is 6.08 Å². The number of hydrogen-bond acceptors (Lipinski definition) is 3. The highest BCUT2D eigenvalue weighted by atomic mass is 79.9. The molecule has 0 aromatic rings. The van der Waals surface area contributed by atoms with Crippen LogP contribution >= 0.6 is 15.9 Å². The van der Waals surface area contributed by atoms with E-state index in [-0.39, 0.29) is 21.9 Å². The van der Waals surface area contributed by atoms with E-state index >= 15 is 0 Å². The fraction of sp³-hybridized carbons (Fsp3) is 0.810. The summed E-state index contributed by atoms with van der Waals surface area (Å²) in [6.07, 6.45) is 9.28. The fourth-order valence-electron chi connectivity index (χ4n) is 7.14. The Kier molecular flexibility index (Phi) is 4.12. The van der Waals surface area contributed by atoms with E-state index in [1.165, 1.54) is 5.57 Å². The van der Waals surface area contributed by atoms with Gasteiger partial charge in [-0.05, 0) is 74.2 Å². The van der Waals surface area contributed by atoms with Crippen LogP contribution in [0, 0.1) is 28.6 Å². The third kappa shape index (κ3) is 2.25. The van der Waals surface area contributed by atoms with Crippen LogP contribution in [0.4, 0.5) is 0 Å². The number of fused-ring (bicyclic) bond motifs is 5. The second-order valence-corrected chi connectivity index (χ2v) is 9.94. The first-order valence-electron chi connectivity index (χ1n) is 9.82. The summed E-state index contributed by atoms with van der Waals surface area (Å²) in [6, 6.07) is 0. The lowest BCUT2D eigenvalue weighted by molar-refractivity contribution is -0.159. The van der Waals surface area contributed by atoms with Crippen molar-refractivity contribution in [3.05, 3.63) is 11.6 Å². The first-order chi connectivity index (χ1) is 11.8. The van der Waals surface area contributed by atoms with E-state index in [2.05, 4.69) is 29.8 Å². The molecule has 0 amide bonds. The molecule has 3 saturated carbocycles. The van der Waals surface area contributed by atoms with Crippen LogP contribution in [0.5, 0.6) is 0 Å². The SMILES string of the molecule is C[C@]12CCC(=O)C=C1CC[C@H]1[C@H]2CC[C@]2(C)[C@@H]1CC[C@@]2(O)C(=O)CBr. The zero-order valence-electron chi connectivity index (χ0n) is 15.3. The van der Waals surface area contributed by atoms with Crippen molar-refractivity contribution in [1.29, 1.82) is 0 Å². The number of ketones is 2. The zero-order chi connectivity index (χ0) is 18.0. The topological polar surface area (TPSA) is 54.4 Å². The van der Waals surface area contributed by atoms with Gasteiger partial charge >= 0.3 is 0 Å². The van der Waals surface area contributed by atoms with Crippen LogP contribution in [0.2, 0.25) is 0 Å². The summed E-state index contributed by atoms with van der Waals surface area (Å²) in [5.41, 5.74) is 0.0730. The summed E-state index contributed by atoms with van der Waals surface area (Å²) in [5.74, 6) is 1.85. The van der Waals surface area contributed by atoms with Crippen molar-refractivity contribution in [1.82, 2.24) is 0 Å². The molecule has 25 heavy (non-hydrogen) atoms. The van der Waals surface area contributed by atoms with Crippen molar-refractivity contribution in [3.63, 3.8) is 0 Å². The van der Waals surface area contributed by atoms with Crippen LogP contribution in [0.25, 0.3) is 0 Å². The smallest absolute Gasteiger partial charge is 0.175 e. The van der Waals surface area contributed by atoms with Crippen molar-refractivity contribution in [2.24, 2.45) is 28.6 Å². The molecule has 138 valence electrons. The number of carbonyl (C=O) groups excluding carboxylic acids is 2. The van der Waals surface area contributed by atoms with Gasteiger partial charge in [0.1, 0.15) is 5.60 Å². The molecule has 6 atom stereocenters. The van der Waals surface area contributed by atoms with Gasteiger partial charge in [0.25, 0.3) is 0 Å². The van der Waals surface area contributed by atoms with Gasteiger partial charge in [-0.3, -0.25) is 9.59 Å². The number of Topliss-reactive ketones (excluding diaryl/α,β-unsaturated/α-hetero) is 1. The Labute approximate surface area is 158 Å². The molecule has 0 unspecified atom stereocenters. The molecule has 0 radical (unpaired) electrons. The average Bonchev–Trinajstić information content (AvgIpc) is 2.87. The second kappa shape index (κ2) is 5.76. The van der Waals surface area contributed by atoms with Crippen LogP contribution in [0.3, 0.4) is 0 Å². The molecule has 0 bridgehead atoms. The first kappa shape index (κ1) is 17.9. The molecule has 0 heterocycles. The maximum Gasteiger partial charge on any atom is 0.175 e. The van der Waals surface area contributed by atoms with Crippen molar-refractivity contribution in [2.75, 3.05) is 5.33 Å². The number of carbonyl (C=O) groups is 2. The predicted octanol–water partition coefficient (Wildman–Crippen LogP) is 4.21. The molecule has 0 aliphatic heterocycles. The first-order valence-corrected chi connectivity index (χ1v) is 10.9. The Hall–Kier alpha value is -0.480. The molecule has 0 saturated heterocycles. The van der Waals surface area contributed by atoms with Gasteiger partial charge in [0.15, 0.2) is 11.6 Å². The molecule has 0 aromatic heterocycles. The van der Waals surface area contributed by atoms with Crippen LogP contribution in [-0.4, -0.2) is 27.6 Å². The van der Waals surface area contributed by atoms with Gasteiger partial charge in [0.05, 0.1) is 5.33 Å². The zero-order valence-corrected chi connectivity index (χ0v) is 16.9. The summed E-state index contributed by atoms with van der Waals surface area (Å²) in [4.78, 5) is 24.4. The van der Waals surface area contributed by atoms with E-state index in [9.17, 15) is 14.7 Å². The molecule has 4 heteroatoms. The van der Waals surface area contributed by atoms with Crippen LogP contribution in [-0.2, 0) is 9.59 Å². The number of alkyl halides is 1. The number of rotatable bonds is 2. The van der Waals surface area contributed by atoms with Crippen LogP contribution < -0.4 is 0 Å². The van der Waals surface area contributed by atoms with Gasteiger partial charge in [-0.25, -0.2) is 0 Å². The van der Waals surface area contributed by atoms with Crippen molar-refractivity contribution in [3.8, 4) is 0 Å². The van der Waals surface area contributed by atoms with Crippen LogP contribution in [0.1, 0.15) is 65.2 Å². The third-order valence-corrected chi connectivity index (χ3v) is 9.21. The largest absolute Gasteiger partial charge is 0.381 e. The molecule has 1 N–H and O–H groups in total.